The SMILES string of the molecule is [C-]1=CC=CC1.[C-]1=CC=CC1.[CH2-]C.[Ti+3]. The van der Waals surface area contributed by atoms with E-state index < -0.39 is 0 Å². The molecule has 0 aliphatic heterocycles. The minimum Gasteiger partial charge on any atom is -0.346 e. The normalized spacial score (nSPS) is 14.0. The predicted molar refractivity (Wildman–Crippen MR) is 54.2 cm³/mol. The summed E-state index contributed by atoms with van der Waals surface area (Å²) >= 11 is 0. The Balaban J connectivity index is 0. The van der Waals surface area contributed by atoms with Gasteiger partial charge in [-0.2, -0.15) is 19.1 Å². The van der Waals surface area contributed by atoms with Crippen LogP contribution in [0.2, 0.25) is 0 Å². The molecule has 0 amide bonds. The van der Waals surface area contributed by atoms with Gasteiger partial charge in [-0.15, -0.1) is 12.8 Å². The molecule has 0 saturated carbocycles. The number of allylic oxidation sites excluding steroid dienone is 8. The molecule has 0 N–H and O–H groups in total. The summed E-state index contributed by atoms with van der Waals surface area (Å²) in [6.07, 6.45) is 20.0. The van der Waals surface area contributed by atoms with Crippen molar-refractivity contribution in [2.24, 2.45) is 0 Å². The van der Waals surface area contributed by atoms with E-state index in [-0.39, 0.29) is 21.7 Å². The Hall–Kier alpha value is -0.326. The molecule has 13 heavy (non-hydrogen) atoms. The van der Waals surface area contributed by atoms with Crippen molar-refractivity contribution >= 4 is 0 Å². The maximum absolute atomic E-state index is 3.25. The van der Waals surface area contributed by atoms with E-state index in [0.29, 0.717) is 0 Å². The molecule has 1 heteroatoms. The van der Waals surface area contributed by atoms with E-state index in [9.17, 15) is 0 Å². The molecular formula is C12H15Ti. The zero-order chi connectivity index (χ0) is 9.07. The van der Waals surface area contributed by atoms with Gasteiger partial charge in [-0.1, -0.05) is 0 Å². The topological polar surface area (TPSA) is 0 Å². The maximum atomic E-state index is 3.25. The van der Waals surface area contributed by atoms with Gasteiger partial charge >= 0.3 is 21.7 Å². The quantitative estimate of drug-likeness (QED) is 0.421. The predicted octanol–water partition coefficient (Wildman–Crippen LogP) is 3.45. The molecule has 1 radical (unpaired) electrons. The number of rotatable bonds is 0. The molecule has 2 rings (SSSR count). The van der Waals surface area contributed by atoms with Crippen LogP contribution in [-0.2, 0) is 21.7 Å². The van der Waals surface area contributed by atoms with E-state index in [1.807, 2.05) is 24.3 Å². The summed E-state index contributed by atoms with van der Waals surface area (Å²) in [6.45, 7) is 5.00. The molecule has 0 unspecified atom stereocenters. The first kappa shape index (κ1) is 15.2. The fraction of sp³-hybridized carbons (Fsp3) is 0.250. The van der Waals surface area contributed by atoms with Crippen LogP contribution in [0.5, 0.6) is 0 Å². The monoisotopic (exact) mass is 207 g/mol. The van der Waals surface area contributed by atoms with Crippen molar-refractivity contribution in [1.29, 1.82) is 0 Å². The second kappa shape index (κ2) is 14.2. The van der Waals surface area contributed by atoms with Gasteiger partial charge < -0.3 is 6.92 Å². The van der Waals surface area contributed by atoms with Crippen LogP contribution in [0.4, 0.5) is 0 Å². The van der Waals surface area contributed by atoms with Crippen LogP contribution in [0, 0.1) is 19.1 Å². The summed E-state index contributed by atoms with van der Waals surface area (Å²) in [5.74, 6) is 0. The van der Waals surface area contributed by atoms with Gasteiger partial charge in [0.15, 0.2) is 0 Å². The molecule has 0 aromatic carbocycles. The fourth-order valence-corrected chi connectivity index (χ4v) is 0.680. The molecule has 0 spiro atoms. The standard InChI is InChI=1S/2C5H5.C2H5.Ti/c2*1-2-4-5-3-1;1-2;/h2*1-3H,4H2;1H2,2H3;/q3*-1;+3. The van der Waals surface area contributed by atoms with Crippen LogP contribution in [0.15, 0.2) is 36.5 Å². The average molecular weight is 207 g/mol. The van der Waals surface area contributed by atoms with Gasteiger partial charge in [-0.25, -0.2) is 24.3 Å². The van der Waals surface area contributed by atoms with Crippen molar-refractivity contribution in [1.82, 2.24) is 0 Å². The molecule has 0 aromatic rings. The zero-order valence-corrected chi connectivity index (χ0v) is 9.65. The van der Waals surface area contributed by atoms with Crippen LogP contribution in [0.3, 0.4) is 0 Å². The summed E-state index contributed by atoms with van der Waals surface area (Å²) in [7, 11) is 0. The van der Waals surface area contributed by atoms with Crippen LogP contribution in [-0.4, -0.2) is 0 Å². The van der Waals surface area contributed by atoms with Gasteiger partial charge in [0.2, 0.25) is 0 Å². The molecule has 0 bridgehead atoms. The Morgan fingerprint density at radius 2 is 1.31 bits per heavy atom. The first-order chi connectivity index (χ1) is 6.00. The van der Waals surface area contributed by atoms with Gasteiger partial charge in [0.1, 0.15) is 0 Å². The molecule has 0 atom stereocenters. The van der Waals surface area contributed by atoms with Gasteiger partial charge in [0.25, 0.3) is 0 Å². The Labute approximate surface area is 97.0 Å². The van der Waals surface area contributed by atoms with Crippen LogP contribution >= 0.6 is 0 Å². The van der Waals surface area contributed by atoms with Crippen LogP contribution < -0.4 is 0 Å². The second-order valence-corrected chi connectivity index (χ2v) is 2.01. The van der Waals surface area contributed by atoms with Gasteiger partial charge in [-0.05, 0) is 0 Å². The molecule has 67 valence electrons. The summed E-state index contributed by atoms with van der Waals surface area (Å²) in [5, 5.41) is 0. The van der Waals surface area contributed by atoms with Crippen molar-refractivity contribution in [3.63, 3.8) is 0 Å². The fourth-order valence-electron chi connectivity index (χ4n) is 0.680. The van der Waals surface area contributed by atoms with Crippen LogP contribution in [0.25, 0.3) is 0 Å². The Bertz CT molecular complexity index is 143. The molecule has 2 aliphatic rings. The van der Waals surface area contributed by atoms with E-state index in [1.165, 1.54) is 0 Å². The van der Waals surface area contributed by atoms with Gasteiger partial charge in [0.05, 0.1) is 0 Å². The third kappa shape index (κ3) is 11.7. The number of hydrogen-bond acceptors (Lipinski definition) is 0. The number of hydrogen-bond donors (Lipinski definition) is 0. The zero-order valence-electron chi connectivity index (χ0n) is 8.09. The summed E-state index contributed by atoms with van der Waals surface area (Å²) in [6, 6.07) is 0. The van der Waals surface area contributed by atoms with E-state index in [4.69, 9.17) is 0 Å². The Kier molecular flexibility index (Phi) is 16.6. The second-order valence-electron chi connectivity index (χ2n) is 2.01. The van der Waals surface area contributed by atoms with Gasteiger partial charge in [0, 0.05) is 0 Å². The van der Waals surface area contributed by atoms with E-state index >= 15 is 0 Å². The Morgan fingerprint density at radius 3 is 1.38 bits per heavy atom. The summed E-state index contributed by atoms with van der Waals surface area (Å²) < 4.78 is 0. The summed E-state index contributed by atoms with van der Waals surface area (Å²) in [4.78, 5) is 0. The van der Waals surface area contributed by atoms with Crippen molar-refractivity contribution < 1.29 is 21.7 Å². The molecule has 0 aromatic heterocycles. The van der Waals surface area contributed by atoms with Gasteiger partial charge in [-0.3, -0.25) is 12.2 Å². The third-order valence-corrected chi connectivity index (χ3v) is 1.17. The molecule has 2 aliphatic carbocycles. The smallest absolute Gasteiger partial charge is 0.346 e. The van der Waals surface area contributed by atoms with Crippen molar-refractivity contribution in [2.45, 2.75) is 19.8 Å². The molecule has 0 heterocycles. The average Bonchev–Trinajstić information content (AvgIpc) is 2.87. The van der Waals surface area contributed by atoms with Crippen LogP contribution in [0.1, 0.15) is 19.8 Å². The summed E-state index contributed by atoms with van der Waals surface area (Å²) in [5.41, 5.74) is 0. The maximum Gasteiger partial charge on any atom is 3.00 e. The van der Waals surface area contributed by atoms with Crippen molar-refractivity contribution in [2.75, 3.05) is 0 Å². The Morgan fingerprint density at radius 1 is 0.923 bits per heavy atom. The van der Waals surface area contributed by atoms with E-state index in [0.717, 1.165) is 12.8 Å². The molecule has 0 saturated heterocycles. The van der Waals surface area contributed by atoms with Crippen molar-refractivity contribution in [3.05, 3.63) is 55.5 Å². The molecular weight excluding hydrogens is 192 g/mol. The first-order valence-corrected chi connectivity index (χ1v) is 4.14. The minimum atomic E-state index is 0. The van der Waals surface area contributed by atoms with E-state index in [1.54, 1.807) is 6.92 Å². The molecule has 0 fully saturated rings. The minimum absolute atomic E-state index is 0. The van der Waals surface area contributed by atoms with Crippen molar-refractivity contribution in [3.8, 4) is 0 Å². The third-order valence-electron chi connectivity index (χ3n) is 1.17. The first-order valence-electron chi connectivity index (χ1n) is 4.14. The van der Waals surface area contributed by atoms with E-state index in [2.05, 4.69) is 31.2 Å². The largest absolute Gasteiger partial charge is 3.00 e. The molecule has 0 nitrogen and oxygen atoms in total.